The highest BCUT2D eigenvalue weighted by Crippen LogP contribution is 2.08. The zero-order chi connectivity index (χ0) is 8.10. The fraction of sp³-hybridized carbons (Fsp3) is 0.400. The van der Waals surface area contributed by atoms with Gasteiger partial charge in [-0.15, -0.1) is 0 Å². The van der Waals surface area contributed by atoms with E-state index in [0.717, 1.165) is 6.54 Å². The van der Waals surface area contributed by atoms with Gasteiger partial charge in [-0.25, -0.2) is 0 Å². The van der Waals surface area contributed by atoms with Crippen LogP contribution in [0.3, 0.4) is 0 Å². The van der Waals surface area contributed by atoms with Crippen molar-refractivity contribution in [2.24, 2.45) is 5.92 Å². The van der Waals surface area contributed by atoms with Gasteiger partial charge in [0.15, 0.2) is 0 Å². The van der Waals surface area contributed by atoms with Gasteiger partial charge in [0.1, 0.15) is 0 Å². The summed E-state index contributed by atoms with van der Waals surface area (Å²) in [7, 11) is 1.98. The minimum absolute atomic E-state index is 0.550. The number of hydrogen-bond acceptors (Lipinski definition) is 1. The monoisotopic (exact) mass is 149 g/mol. The molecule has 0 aromatic heterocycles. The fourth-order valence-electron chi connectivity index (χ4n) is 1.12. The Balaban J connectivity index is 2.56. The molecule has 1 nitrogen and oxygen atoms in total. The van der Waals surface area contributed by atoms with Crippen molar-refractivity contribution in [3.05, 3.63) is 36.0 Å². The van der Waals surface area contributed by atoms with Gasteiger partial charge < -0.3 is 5.32 Å². The van der Waals surface area contributed by atoms with Gasteiger partial charge in [0.2, 0.25) is 0 Å². The van der Waals surface area contributed by atoms with Crippen LogP contribution in [0.2, 0.25) is 0 Å². The van der Waals surface area contributed by atoms with Gasteiger partial charge in [-0.05, 0) is 14.0 Å². The highest BCUT2D eigenvalue weighted by molar-refractivity contribution is 5.27. The number of nitrogens with one attached hydrogen (secondary N) is 1. The van der Waals surface area contributed by atoms with Crippen molar-refractivity contribution in [3.63, 3.8) is 0 Å². The molecule has 0 bridgehead atoms. The van der Waals surface area contributed by atoms with E-state index >= 15 is 0 Å². The number of allylic oxidation sites excluding steroid dienone is 4. The zero-order valence-electron chi connectivity index (χ0n) is 7.17. The Morgan fingerprint density at radius 2 is 2.27 bits per heavy atom. The summed E-state index contributed by atoms with van der Waals surface area (Å²) in [6, 6.07) is 0. The lowest BCUT2D eigenvalue weighted by Gasteiger charge is -2.03. The van der Waals surface area contributed by atoms with E-state index in [1.165, 1.54) is 5.57 Å². The summed E-state index contributed by atoms with van der Waals surface area (Å²) in [5, 5.41) is 3.15. The lowest BCUT2D eigenvalue weighted by atomic mass is 10.1. The van der Waals surface area contributed by atoms with Crippen LogP contribution in [0.4, 0.5) is 0 Å². The Kier molecular flexibility index (Phi) is 3.12. The van der Waals surface area contributed by atoms with Crippen LogP contribution in [0.5, 0.6) is 0 Å². The first-order valence-electron chi connectivity index (χ1n) is 4.01. The molecule has 0 heterocycles. The second-order valence-electron chi connectivity index (χ2n) is 2.88. The van der Waals surface area contributed by atoms with Crippen molar-refractivity contribution in [2.75, 3.05) is 13.6 Å². The molecule has 1 N–H and O–H groups in total. The lowest BCUT2D eigenvalue weighted by Crippen LogP contribution is -2.14. The summed E-state index contributed by atoms with van der Waals surface area (Å²) in [5.41, 5.74) is 1.32. The third-order valence-corrected chi connectivity index (χ3v) is 1.76. The zero-order valence-corrected chi connectivity index (χ0v) is 7.17. The summed E-state index contributed by atoms with van der Waals surface area (Å²) >= 11 is 0. The van der Waals surface area contributed by atoms with E-state index < -0.39 is 0 Å². The SMILES string of the molecule is CNCC1C=CC=C(C)C=C1. The first kappa shape index (κ1) is 8.28. The van der Waals surface area contributed by atoms with E-state index in [9.17, 15) is 0 Å². The quantitative estimate of drug-likeness (QED) is 0.632. The normalized spacial score (nSPS) is 23.1. The maximum Gasteiger partial charge on any atom is 0.00779 e. The predicted octanol–water partition coefficient (Wildman–Crippen LogP) is 1.89. The Bertz CT molecular complexity index is 199. The van der Waals surface area contributed by atoms with Crippen LogP contribution >= 0.6 is 0 Å². The molecule has 1 atom stereocenters. The van der Waals surface area contributed by atoms with Crippen LogP contribution in [-0.4, -0.2) is 13.6 Å². The maximum atomic E-state index is 3.15. The van der Waals surface area contributed by atoms with Crippen molar-refractivity contribution in [3.8, 4) is 0 Å². The molecule has 1 unspecified atom stereocenters. The predicted molar refractivity (Wildman–Crippen MR) is 49.5 cm³/mol. The van der Waals surface area contributed by atoms with Crippen LogP contribution < -0.4 is 5.32 Å². The second kappa shape index (κ2) is 4.14. The molecule has 0 radical (unpaired) electrons. The minimum Gasteiger partial charge on any atom is -0.319 e. The fourth-order valence-corrected chi connectivity index (χ4v) is 1.12. The molecular weight excluding hydrogens is 134 g/mol. The molecule has 0 aliphatic heterocycles. The third kappa shape index (κ3) is 2.72. The van der Waals surface area contributed by atoms with E-state index in [2.05, 4.69) is 42.6 Å². The van der Waals surface area contributed by atoms with Crippen LogP contribution in [0, 0.1) is 5.92 Å². The van der Waals surface area contributed by atoms with E-state index in [1.807, 2.05) is 7.05 Å². The molecule has 0 aromatic carbocycles. The van der Waals surface area contributed by atoms with Gasteiger partial charge in [0.05, 0.1) is 0 Å². The molecular formula is C10H15N. The minimum atomic E-state index is 0.550. The molecule has 1 aliphatic carbocycles. The average molecular weight is 149 g/mol. The van der Waals surface area contributed by atoms with Crippen molar-refractivity contribution >= 4 is 0 Å². The van der Waals surface area contributed by atoms with Gasteiger partial charge in [0, 0.05) is 12.5 Å². The van der Waals surface area contributed by atoms with E-state index in [1.54, 1.807) is 0 Å². The van der Waals surface area contributed by atoms with E-state index in [-0.39, 0.29) is 0 Å². The smallest absolute Gasteiger partial charge is 0.00779 e. The Morgan fingerprint density at radius 3 is 3.00 bits per heavy atom. The molecule has 0 saturated heterocycles. The molecule has 0 amide bonds. The first-order valence-corrected chi connectivity index (χ1v) is 4.01. The van der Waals surface area contributed by atoms with Gasteiger partial charge in [-0.3, -0.25) is 0 Å². The van der Waals surface area contributed by atoms with Crippen LogP contribution in [0.25, 0.3) is 0 Å². The van der Waals surface area contributed by atoms with Crippen LogP contribution in [0.15, 0.2) is 36.0 Å². The van der Waals surface area contributed by atoms with Crippen molar-refractivity contribution < 1.29 is 0 Å². The van der Waals surface area contributed by atoms with Crippen molar-refractivity contribution in [1.29, 1.82) is 0 Å². The topological polar surface area (TPSA) is 12.0 Å². The van der Waals surface area contributed by atoms with E-state index in [0.29, 0.717) is 5.92 Å². The standard InChI is InChI=1S/C10H15N/c1-9-4-3-5-10(7-6-9)8-11-2/h3-7,10-11H,8H2,1-2H3. The van der Waals surface area contributed by atoms with Gasteiger partial charge in [0.25, 0.3) is 0 Å². The summed E-state index contributed by atoms with van der Waals surface area (Å²) < 4.78 is 0. The molecule has 0 fully saturated rings. The number of rotatable bonds is 2. The van der Waals surface area contributed by atoms with E-state index in [4.69, 9.17) is 0 Å². The molecule has 60 valence electrons. The van der Waals surface area contributed by atoms with Gasteiger partial charge in [-0.1, -0.05) is 36.0 Å². The molecule has 1 rings (SSSR count). The third-order valence-electron chi connectivity index (χ3n) is 1.76. The second-order valence-corrected chi connectivity index (χ2v) is 2.88. The van der Waals surface area contributed by atoms with Gasteiger partial charge in [-0.2, -0.15) is 0 Å². The van der Waals surface area contributed by atoms with Crippen LogP contribution in [-0.2, 0) is 0 Å². The average Bonchev–Trinajstić information content (AvgIpc) is 2.17. The highest BCUT2D eigenvalue weighted by atomic mass is 14.8. The summed E-state index contributed by atoms with van der Waals surface area (Å²) in [4.78, 5) is 0. The van der Waals surface area contributed by atoms with Crippen LogP contribution in [0.1, 0.15) is 6.92 Å². The van der Waals surface area contributed by atoms with Crippen molar-refractivity contribution in [2.45, 2.75) is 6.92 Å². The highest BCUT2D eigenvalue weighted by Gasteiger charge is 1.98. The molecule has 1 aliphatic rings. The summed E-state index contributed by atoms with van der Waals surface area (Å²) in [5.74, 6) is 0.550. The Morgan fingerprint density at radius 1 is 1.45 bits per heavy atom. The molecule has 0 spiro atoms. The van der Waals surface area contributed by atoms with Gasteiger partial charge >= 0.3 is 0 Å². The Hall–Kier alpha value is -0.820. The van der Waals surface area contributed by atoms with Crippen molar-refractivity contribution in [1.82, 2.24) is 5.32 Å². The largest absolute Gasteiger partial charge is 0.319 e. The first-order chi connectivity index (χ1) is 5.33. The lowest BCUT2D eigenvalue weighted by molar-refractivity contribution is 0.702. The molecule has 1 heteroatoms. The molecule has 0 aromatic rings. The maximum absolute atomic E-state index is 3.15. The summed E-state index contributed by atoms with van der Waals surface area (Å²) in [6.07, 6.45) is 10.9. The molecule has 0 saturated carbocycles. The molecule has 11 heavy (non-hydrogen) atoms. The number of hydrogen-bond donors (Lipinski definition) is 1. The summed E-state index contributed by atoms with van der Waals surface area (Å²) in [6.45, 7) is 3.14. The Labute approximate surface area is 68.5 Å².